The Bertz CT molecular complexity index is 1010. The van der Waals surface area contributed by atoms with Gasteiger partial charge in [0.15, 0.2) is 0 Å². The highest BCUT2D eigenvalue weighted by molar-refractivity contribution is 5.70. The summed E-state index contributed by atoms with van der Waals surface area (Å²) in [6.07, 6.45) is 5.59. The van der Waals surface area contributed by atoms with Gasteiger partial charge in [-0.1, -0.05) is 80.4 Å². The molecule has 0 fully saturated rings. The van der Waals surface area contributed by atoms with Crippen LogP contribution in [0.5, 0.6) is 0 Å². The quantitative estimate of drug-likeness (QED) is 0.409. The van der Waals surface area contributed by atoms with Crippen molar-refractivity contribution in [2.45, 2.75) is 53.9 Å². The summed E-state index contributed by atoms with van der Waals surface area (Å²) >= 11 is 0. The molecule has 0 unspecified atom stereocenters. The average Bonchev–Trinajstić information content (AvgIpc) is 3.52. The lowest BCUT2D eigenvalue weighted by Gasteiger charge is -2.22. The lowest BCUT2D eigenvalue weighted by atomic mass is 9.93. The van der Waals surface area contributed by atoms with E-state index in [-0.39, 0.29) is 0 Å². The molecule has 1 aliphatic heterocycles. The molecule has 0 saturated carbocycles. The van der Waals surface area contributed by atoms with Gasteiger partial charge in [0.2, 0.25) is 0 Å². The number of aryl methyl sites for hydroxylation is 3. The second kappa shape index (κ2) is 10.3. The van der Waals surface area contributed by atoms with Crippen LogP contribution in [0.15, 0.2) is 78.6 Å². The number of benzene rings is 3. The Hall–Kier alpha value is -3.00. The minimum absolute atomic E-state index is 1.14. The van der Waals surface area contributed by atoms with E-state index >= 15 is 0 Å². The van der Waals surface area contributed by atoms with Crippen molar-refractivity contribution in [1.29, 1.82) is 0 Å². The van der Waals surface area contributed by atoms with Crippen LogP contribution in [0.3, 0.4) is 0 Å². The molecule has 1 aliphatic rings. The number of allylic oxidation sites excluding steroid dienone is 1. The highest BCUT2D eigenvalue weighted by Gasteiger charge is 2.20. The van der Waals surface area contributed by atoms with Gasteiger partial charge < -0.3 is 0 Å². The van der Waals surface area contributed by atoms with E-state index in [4.69, 9.17) is 0 Å². The number of anilines is 1. The van der Waals surface area contributed by atoms with E-state index in [9.17, 15) is 0 Å². The maximum atomic E-state index is 2.24. The number of rotatable bonds is 6. The van der Waals surface area contributed by atoms with E-state index in [1.807, 2.05) is 0 Å². The summed E-state index contributed by atoms with van der Waals surface area (Å²) in [7, 11) is 2.09. The van der Waals surface area contributed by atoms with Crippen LogP contribution in [-0.4, -0.2) is 12.1 Å². The fraction of sp³-hybridized carbons (Fsp3) is 0.310. The van der Waals surface area contributed by atoms with Gasteiger partial charge in [0.25, 0.3) is 0 Å². The van der Waals surface area contributed by atoms with Crippen LogP contribution in [0.4, 0.5) is 5.69 Å². The minimum atomic E-state index is 1.14. The first-order chi connectivity index (χ1) is 14.9. The van der Waals surface area contributed by atoms with Gasteiger partial charge in [0, 0.05) is 13.2 Å². The standard InChI is InChI=1S/C20H24N2.C9H12/c1-5-7-19-15(2)8-6-9-20(19)17-10-12-18(13-11-17)21(4)22-14-16(22)3;1-3-9-6-4-8(2)5-7-9/h6,8-14H,5,7H2,1-4H3;4-7H,3H2,1-2H3. The molecule has 0 aliphatic carbocycles. The van der Waals surface area contributed by atoms with Gasteiger partial charge in [0.1, 0.15) is 0 Å². The van der Waals surface area contributed by atoms with Crippen molar-refractivity contribution < 1.29 is 0 Å². The molecule has 4 rings (SSSR count). The average molecular weight is 413 g/mol. The Balaban J connectivity index is 0.000000254. The summed E-state index contributed by atoms with van der Waals surface area (Å²) in [5.74, 6) is 0. The van der Waals surface area contributed by atoms with Crippen LogP contribution in [0.25, 0.3) is 11.1 Å². The number of hydrogen-bond acceptors (Lipinski definition) is 2. The fourth-order valence-corrected chi connectivity index (χ4v) is 3.83. The van der Waals surface area contributed by atoms with E-state index in [0.29, 0.717) is 0 Å². The predicted octanol–water partition coefficient (Wildman–Crippen LogP) is 7.70. The topological polar surface area (TPSA) is 6.25 Å². The zero-order valence-corrected chi connectivity index (χ0v) is 19.9. The SMILES string of the molecule is CCCc1c(C)cccc1-c1ccc(N(C)N2C=C2C)cc1.CCc1ccc(C)cc1. The van der Waals surface area contributed by atoms with Crippen LogP contribution >= 0.6 is 0 Å². The maximum Gasteiger partial charge on any atom is 0.0575 e. The van der Waals surface area contributed by atoms with Crippen LogP contribution in [0.2, 0.25) is 0 Å². The third-order valence-electron chi connectivity index (χ3n) is 5.92. The lowest BCUT2D eigenvalue weighted by molar-refractivity contribution is 0.563. The van der Waals surface area contributed by atoms with Gasteiger partial charge in [-0.3, -0.25) is 10.0 Å². The van der Waals surface area contributed by atoms with Crippen LogP contribution in [0.1, 0.15) is 49.4 Å². The smallest absolute Gasteiger partial charge is 0.0575 e. The molecule has 0 spiro atoms. The summed E-state index contributed by atoms with van der Waals surface area (Å²) in [5, 5.41) is 4.33. The second-order valence-corrected chi connectivity index (χ2v) is 8.38. The van der Waals surface area contributed by atoms with Crippen molar-refractivity contribution in [3.63, 3.8) is 0 Å². The Morgan fingerprint density at radius 1 is 0.806 bits per heavy atom. The monoisotopic (exact) mass is 412 g/mol. The predicted molar refractivity (Wildman–Crippen MR) is 135 cm³/mol. The highest BCUT2D eigenvalue weighted by atomic mass is 15.7. The molecule has 0 N–H and O–H groups in total. The zero-order valence-electron chi connectivity index (χ0n) is 19.9. The summed E-state index contributed by atoms with van der Waals surface area (Å²) in [4.78, 5) is 0. The Morgan fingerprint density at radius 2 is 1.45 bits per heavy atom. The molecule has 0 amide bonds. The molecule has 0 saturated heterocycles. The molecule has 2 heteroatoms. The number of nitrogens with zero attached hydrogens (tertiary/aromatic N) is 2. The summed E-state index contributed by atoms with van der Waals surface area (Å²) in [6, 6.07) is 24.1. The summed E-state index contributed by atoms with van der Waals surface area (Å²) < 4.78 is 0. The lowest BCUT2D eigenvalue weighted by Crippen LogP contribution is -2.24. The fourth-order valence-electron chi connectivity index (χ4n) is 3.83. The molecular formula is C29H36N2. The minimum Gasteiger partial charge on any atom is -0.285 e. The molecule has 1 heterocycles. The van der Waals surface area contributed by atoms with Crippen molar-refractivity contribution in [2.24, 2.45) is 0 Å². The molecule has 3 aromatic carbocycles. The van der Waals surface area contributed by atoms with Gasteiger partial charge in [0.05, 0.1) is 11.4 Å². The van der Waals surface area contributed by atoms with Gasteiger partial charge in [-0.2, -0.15) is 0 Å². The largest absolute Gasteiger partial charge is 0.285 e. The van der Waals surface area contributed by atoms with E-state index in [0.717, 1.165) is 12.8 Å². The second-order valence-electron chi connectivity index (χ2n) is 8.38. The van der Waals surface area contributed by atoms with Crippen molar-refractivity contribution in [3.05, 3.63) is 101 Å². The maximum absolute atomic E-state index is 2.24. The Labute approximate surface area is 188 Å². The molecular weight excluding hydrogens is 376 g/mol. The number of hydrogen-bond donors (Lipinski definition) is 0. The third kappa shape index (κ3) is 5.79. The van der Waals surface area contributed by atoms with Gasteiger partial charge in [-0.15, -0.1) is 0 Å². The van der Waals surface area contributed by atoms with Crippen LogP contribution in [0, 0.1) is 13.8 Å². The molecule has 0 bridgehead atoms. The summed E-state index contributed by atoms with van der Waals surface area (Å²) in [5.41, 5.74) is 10.8. The van der Waals surface area contributed by atoms with Gasteiger partial charge >= 0.3 is 0 Å². The first-order valence-electron chi connectivity index (χ1n) is 11.4. The van der Waals surface area contributed by atoms with Crippen molar-refractivity contribution >= 4 is 5.69 Å². The normalized spacial score (nSPS) is 12.1. The van der Waals surface area contributed by atoms with Crippen molar-refractivity contribution in [3.8, 4) is 11.1 Å². The molecule has 31 heavy (non-hydrogen) atoms. The molecule has 0 atom stereocenters. The first kappa shape index (κ1) is 22.7. The Kier molecular flexibility index (Phi) is 7.57. The third-order valence-corrected chi connectivity index (χ3v) is 5.92. The van der Waals surface area contributed by atoms with E-state index in [1.165, 1.54) is 51.2 Å². The highest BCUT2D eigenvalue weighted by Crippen LogP contribution is 2.31. The van der Waals surface area contributed by atoms with Crippen molar-refractivity contribution in [2.75, 3.05) is 12.1 Å². The first-order valence-corrected chi connectivity index (χ1v) is 11.4. The molecule has 0 aromatic heterocycles. The molecule has 0 radical (unpaired) electrons. The molecule has 2 nitrogen and oxygen atoms in total. The van der Waals surface area contributed by atoms with E-state index in [1.54, 1.807) is 0 Å². The van der Waals surface area contributed by atoms with Gasteiger partial charge in [-0.05, 0) is 73.6 Å². The van der Waals surface area contributed by atoms with Crippen LogP contribution < -0.4 is 5.01 Å². The Morgan fingerprint density at radius 3 is 2.00 bits per heavy atom. The number of hydrazine groups is 1. The zero-order chi connectivity index (χ0) is 22.4. The molecule has 162 valence electrons. The van der Waals surface area contributed by atoms with Gasteiger partial charge in [-0.25, -0.2) is 0 Å². The van der Waals surface area contributed by atoms with E-state index < -0.39 is 0 Å². The molecule has 3 aromatic rings. The summed E-state index contributed by atoms with van der Waals surface area (Å²) in [6.45, 7) is 10.9. The van der Waals surface area contributed by atoms with Crippen LogP contribution in [-0.2, 0) is 12.8 Å². The van der Waals surface area contributed by atoms with E-state index in [2.05, 4.69) is 125 Å². The van der Waals surface area contributed by atoms with Crippen molar-refractivity contribution in [1.82, 2.24) is 5.01 Å².